The maximum absolute atomic E-state index is 12.5. The Labute approximate surface area is 121 Å². The summed E-state index contributed by atoms with van der Waals surface area (Å²) in [6, 6.07) is -0.624. The van der Waals surface area contributed by atoms with E-state index >= 15 is 0 Å². The van der Waals surface area contributed by atoms with E-state index < -0.39 is 16.1 Å². The van der Waals surface area contributed by atoms with Crippen LogP contribution in [0.1, 0.15) is 12.8 Å². The quantitative estimate of drug-likeness (QED) is 0.833. The predicted molar refractivity (Wildman–Crippen MR) is 72.7 cm³/mol. The van der Waals surface area contributed by atoms with Crippen LogP contribution in [0.4, 0.5) is 0 Å². The first-order valence-electron chi connectivity index (χ1n) is 5.68. The number of rotatable bonds is 3. The summed E-state index contributed by atoms with van der Waals surface area (Å²) in [7, 11) is -0.448. The van der Waals surface area contributed by atoms with Gasteiger partial charge in [-0.05, 0) is 12.8 Å². The molecule has 2 rings (SSSR count). The van der Waals surface area contributed by atoms with Crippen LogP contribution in [0, 0.1) is 0 Å². The molecule has 1 aliphatic heterocycles. The van der Waals surface area contributed by atoms with E-state index in [2.05, 4.69) is 4.98 Å². The summed E-state index contributed by atoms with van der Waals surface area (Å²) >= 11 is 6.58. The highest BCUT2D eigenvalue weighted by Crippen LogP contribution is 2.31. The van der Waals surface area contributed by atoms with Gasteiger partial charge in [0.05, 0.1) is 6.20 Å². The molecule has 0 saturated carbocycles. The molecule has 1 saturated heterocycles. The van der Waals surface area contributed by atoms with Crippen molar-refractivity contribution in [2.45, 2.75) is 23.1 Å². The normalized spacial score (nSPS) is 20.7. The van der Waals surface area contributed by atoms with Crippen molar-refractivity contribution in [3.8, 4) is 0 Å². The summed E-state index contributed by atoms with van der Waals surface area (Å²) in [4.78, 5) is 17.2. The maximum atomic E-state index is 12.5. The predicted octanol–water partition coefficient (Wildman–Crippen LogP) is 1.04. The Morgan fingerprint density at radius 3 is 2.79 bits per heavy atom. The van der Waals surface area contributed by atoms with E-state index in [-0.39, 0.29) is 14.6 Å². The SMILES string of the molecule is CN(C)C(=O)C1CCCN1S(=O)(=O)c1cnc(Cl)s1. The average molecular weight is 324 g/mol. The lowest BCUT2D eigenvalue weighted by atomic mass is 10.2. The summed E-state index contributed by atoms with van der Waals surface area (Å²) in [6.07, 6.45) is 2.46. The largest absolute Gasteiger partial charge is 0.347 e. The van der Waals surface area contributed by atoms with Gasteiger partial charge in [0.1, 0.15) is 6.04 Å². The van der Waals surface area contributed by atoms with Gasteiger partial charge in [-0.3, -0.25) is 4.79 Å². The number of carbonyl (C=O) groups is 1. The minimum absolute atomic E-state index is 0.0796. The van der Waals surface area contributed by atoms with Crippen LogP contribution in [0.2, 0.25) is 4.47 Å². The van der Waals surface area contributed by atoms with Crippen molar-refractivity contribution in [1.82, 2.24) is 14.2 Å². The molecule has 1 fully saturated rings. The number of hydrogen-bond donors (Lipinski definition) is 0. The Kier molecular flexibility index (Phi) is 4.14. The Balaban J connectivity index is 2.32. The first kappa shape index (κ1) is 14.7. The molecule has 1 aliphatic rings. The van der Waals surface area contributed by atoms with Crippen molar-refractivity contribution in [2.75, 3.05) is 20.6 Å². The van der Waals surface area contributed by atoms with Crippen LogP contribution in [-0.2, 0) is 14.8 Å². The molecule has 0 radical (unpaired) electrons. The van der Waals surface area contributed by atoms with E-state index in [1.54, 1.807) is 14.1 Å². The fourth-order valence-corrected chi connectivity index (χ4v) is 5.12. The highest BCUT2D eigenvalue weighted by atomic mass is 35.5. The molecule has 0 aromatic carbocycles. The third-order valence-corrected chi connectivity index (χ3v) is 6.41. The molecule has 6 nitrogen and oxygen atoms in total. The van der Waals surface area contributed by atoms with Gasteiger partial charge in [-0.25, -0.2) is 13.4 Å². The smallest absolute Gasteiger partial charge is 0.254 e. The molecule has 0 spiro atoms. The first-order chi connectivity index (χ1) is 8.84. The van der Waals surface area contributed by atoms with E-state index in [9.17, 15) is 13.2 Å². The van der Waals surface area contributed by atoms with Crippen LogP contribution in [0.3, 0.4) is 0 Å². The topological polar surface area (TPSA) is 70.6 Å². The van der Waals surface area contributed by atoms with Gasteiger partial charge in [0.2, 0.25) is 5.91 Å². The molecular formula is C10H14ClN3O3S2. The lowest BCUT2D eigenvalue weighted by Gasteiger charge is -2.24. The van der Waals surface area contributed by atoms with Crippen LogP contribution >= 0.6 is 22.9 Å². The zero-order chi connectivity index (χ0) is 14.2. The van der Waals surface area contributed by atoms with Gasteiger partial charge in [0.25, 0.3) is 10.0 Å². The molecule has 0 bridgehead atoms. The van der Waals surface area contributed by atoms with Gasteiger partial charge in [-0.1, -0.05) is 22.9 Å². The molecule has 106 valence electrons. The molecule has 1 atom stereocenters. The first-order valence-corrected chi connectivity index (χ1v) is 8.32. The van der Waals surface area contributed by atoms with Crippen molar-refractivity contribution < 1.29 is 13.2 Å². The van der Waals surface area contributed by atoms with Crippen molar-refractivity contribution >= 4 is 38.9 Å². The molecule has 1 unspecified atom stereocenters. The van der Waals surface area contributed by atoms with E-state index in [1.165, 1.54) is 15.4 Å². The van der Waals surface area contributed by atoms with E-state index in [1.807, 2.05) is 0 Å². The molecule has 2 heterocycles. The number of thiazole rings is 1. The highest BCUT2D eigenvalue weighted by molar-refractivity contribution is 7.91. The number of hydrogen-bond acceptors (Lipinski definition) is 5. The maximum Gasteiger partial charge on any atom is 0.254 e. The standard InChI is InChI=1S/C10H14ClN3O3S2/c1-13(2)9(15)7-4-3-5-14(7)19(16,17)8-6-12-10(11)18-8/h6-7H,3-5H2,1-2H3. The van der Waals surface area contributed by atoms with Gasteiger partial charge >= 0.3 is 0 Å². The third kappa shape index (κ3) is 2.76. The average Bonchev–Trinajstić information content (AvgIpc) is 2.96. The second kappa shape index (κ2) is 5.35. The van der Waals surface area contributed by atoms with Crippen molar-refractivity contribution in [3.05, 3.63) is 10.7 Å². The van der Waals surface area contributed by atoms with E-state index in [4.69, 9.17) is 11.6 Å². The molecule has 0 N–H and O–H groups in total. The zero-order valence-corrected chi connectivity index (χ0v) is 12.9. The van der Waals surface area contributed by atoms with Crippen LogP contribution < -0.4 is 0 Å². The molecule has 1 amide bonds. The van der Waals surface area contributed by atoms with E-state index in [0.29, 0.717) is 19.4 Å². The Morgan fingerprint density at radius 2 is 2.26 bits per heavy atom. The fourth-order valence-electron chi connectivity index (χ4n) is 2.05. The highest BCUT2D eigenvalue weighted by Gasteiger charge is 2.40. The number of likely N-dealkylation sites (N-methyl/N-ethyl adjacent to an activating group) is 1. The lowest BCUT2D eigenvalue weighted by Crippen LogP contribution is -2.45. The third-order valence-electron chi connectivity index (χ3n) is 2.95. The summed E-state index contributed by atoms with van der Waals surface area (Å²) < 4.78 is 26.4. The van der Waals surface area contributed by atoms with Gasteiger partial charge in [0.15, 0.2) is 8.68 Å². The Morgan fingerprint density at radius 1 is 1.58 bits per heavy atom. The van der Waals surface area contributed by atoms with Crippen molar-refractivity contribution in [3.63, 3.8) is 0 Å². The minimum Gasteiger partial charge on any atom is -0.347 e. The summed E-state index contributed by atoms with van der Waals surface area (Å²) in [5.74, 6) is -0.198. The monoisotopic (exact) mass is 323 g/mol. The van der Waals surface area contributed by atoms with E-state index in [0.717, 1.165) is 11.3 Å². The van der Waals surface area contributed by atoms with Crippen LogP contribution in [-0.4, -0.2) is 55.2 Å². The van der Waals surface area contributed by atoms with Crippen LogP contribution in [0.5, 0.6) is 0 Å². The Hall–Kier alpha value is -0.700. The number of sulfonamides is 1. The second-order valence-electron chi connectivity index (χ2n) is 4.44. The zero-order valence-electron chi connectivity index (χ0n) is 10.5. The van der Waals surface area contributed by atoms with Crippen LogP contribution in [0.15, 0.2) is 10.4 Å². The van der Waals surface area contributed by atoms with Gasteiger partial charge in [-0.15, -0.1) is 0 Å². The molecule has 1 aromatic heterocycles. The molecule has 0 aliphatic carbocycles. The van der Waals surface area contributed by atoms with Gasteiger partial charge in [0, 0.05) is 20.6 Å². The number of amides is 1. The Bertz CT molecular complexity index is 585. The molecule has 19 heavy (non-hydrogen) atoms. The summed E-state index contributed by atoms with van der Waals surface area (Å²) in [6.45, 7) is 0.349. The summed E-state index contributed by atoms with van der Waals surface area (Å²) in [5, 5.41) is 0. The van der Waals surface area contributed by atoms with Crippen molar-refractivity contribution in [2.24, 2.45) is 0 Å². The fraction of sp³-hybridized carbons (Fsp3) is 0.600. The lowest BCUT2D eigenvalue weighted by molar-refractivity contribution is -0.132. The number of halogens is 1. The molecular weight excluding hydrogens is 310 g/mol. The number of nitrogens with zero attached hydrogens (tertiary/aromatic N) is 3. The molecule has 1 aromatic rings. The van der Waals surface area contributed by atoms with Crippen LogP contribution in [0.25, 0.3) is 0 Å². The minimum atomic E-state index is -3.69. The number of carbonyl (C=O) groups excluding carboxylic acids is 1. The van der Waals surface area contributed by atoms with Crippen molar-refractivity contribution in [1.29, 1.82) is 0 Å². The summed E-state index contributed by atoms with van der Waals surface area (Å²) in [5.41, 5.74) is 0. The second-order valence-corrected chi connectivity index (χ2v) is 8.17. The molecule has 9 heteroatoms. The number of aromatic nitrogens is 1. The van der Waals surface area contributed by atoms with Gasteiger partial charge < -0.3 is 4.90 Å². The van der Waals surface area contributed by atoms with Gasteiger partial charge in [-0.2, -0.15) is 4.31 Å².